The van der Waals surface area contributed by atoms with Crippen LogP contribution in [0.1, 0.15) is 12.5 Å². The molecule has 1 rings (SSSR count). The van der Waals surface area contributed by atoms with Gasteiger partial charge in [-0.2, -0.15) is 0 Å². The molecule has 1 aromatic carbocycles. The molecule has 0 radical (unpaired) electrons. The second-order valence-corrected chi connectivity index (χ2v) is 6.87. The van der Waals surface area contributed by atoms with Gasteiger partial charge < -0.3 is 4.90 Å². The van der Waals surface area contributed by atoms with Gasteiger partial charge in [0, 0.05) is 29.8 Å². The van der Waals surface area contributed by atoms with Gasteiger partial charge >= 0.3 is 0 Å². The average Bonchev–Trinajstić information content (AvgIpc) is 2.27. The van der Waals surface area contributed by atoms with Gasteiger partial charge in [0.2, 0.25) is 10.0 Å². The lowest BCUT2D eigenvalue weighted by atomic mass is 10.2. The number of hydrogen-bond donors (Lipinski definition) is 1. The largest absolute Gasteiger partial charge is 0.370 e. The molecule has 0 heterocycles. The van der Waals surface area contributed by atoms with Gasteiger partial charge in [-0.25, -0.2) is 13.1 Å². The maximum absolute atomic E-state index is 11.0. The first-order valence-electron chi connectivity index (χ1n) is 5.79. The Balaban J connectivity index is 2.68. The van der Waals surface area contributed by atoms with Crippen LogP contribution in [-0.4, -0.2) is 34.3 Å². The molecule has 1 N–H and O–H groups in total. The van der Waals surface area contributed by atoms with E-state index in [1.54, 1.807) is 0 Å². The quantitative estimate of drug-likeness (QED) is 0.866. The molecule has 1 aromatic rings. The van der Waals surface area contributed by atoms with Crippen molar-refractivity contribution in [2.75, 3.05) is 30.8 Å². The van der Waals surface area contributed by atoms with Crippen LogP contribution >= 0.6 is 15.9 Å². The van der Waals surface area contributed by atoms with Crippen molar-refractivity contribution in [1.29, 1.82) is 0 Å². The Bertz CT molecular complexity index is 503. The number of nitrogens with one attached hydrogen (secondary N) is 1. The van der Waals surface area contributed by atoms with Crippen molar-refractivity contribution in [2.45, 2.75) is 13.8 Å². The maximum Gasteiger partial charge on any atom is 0.208 e. The van der Waals surface area contributed by atoms with Gasteiger partial charge in [0.15, 0.2) is 0 Å². The van der Waals surface area contributed by atoms with Crippen molar-refractivity contribution in [2.24, 2.45) is 0 Å². The van der Waals surface area contributed by atoms with E-state index in [-0.39, 0.29) is 0 Å². The number of hydrogen-bond acceptors (Lipinski definition) is 3. The molecule has 18 heavy (non-hydrogen) atoms. The minimum Gasteiger partial charge on any atom is -0.370 e. The van der Waals surface area contributed by atoms with Crippen LogP contribution in [0.5, 0.6) is 0 Å². The molecule has 0 aromatic heterocycles. The van der Waals surface area contributed by atoms with Crippen molar-refractivity contribution < 1.29 is 8.42 Å². The third kappa shape index (κ3) is 4.96. The number of benzene rings is 1. The Kier molecular flexibility index (Phi) is 5.62. The highest BCUT2D eigenvalue weighted by Gasteiger charge is 2.07. The summed E-state index contributed by atoms with van der Waals surface area (Å²) >= 11 is 3.47. The molecule has 0 spiro atoms. The summed E-state index contributed by atoms with van der Waals surface area (Å²) in [6.45, 7) is 6.01. The zero-order valence-electron chi connectivity index (χ0n) is 10.9. The van der Waals surface area contributed by atoms with Crippen LogP contribution in [0.4, 0.5) is 5.69 Å². The molecular weight excluding hydrogens is 316 g/mol. The summed E-state index contributed by atoms with van der Waals surface area (Å²) in [5, 5.41) is 0. The summed E-state index contributed by atoms with van der Waals surface area (Å²) in [6, 6.07) is 6.13. The first kappa shape index (κ1) is 15.5. The summed E-state index contributed by atoms with van der Waals surface area (Å²) in [6.07, 6.45) is 1.17. The zero-order chi connectivity index (χ0) is 13.8. The van der Waals surface area contributed by atoms with Gasteiger partial charge in [-0.05, 0) is 37.6 Å². The van der Waals surface area contributed by atoms with Gasteiger partial charge in [-0.3, -0.25) is 0 Å². The van der Waals surface area contributed by atoms with Gasteiger partial charge in [-0.1, -0.05) is 15.9 Å². The van der Waals surface area contributed by atoms with Crippen LogP contribution < -0.4 is 9.62 Å². The van der Waals surface area contributed by atoms with E-state index in [1.807, 2.05) is 19.1 Å². The van der Waals surface area contributed by atoms with Crippen molar-refractivity contribution in [3.8, 4) is 0 Å². The van der Waals surface area contributed by atoms with Crippen LogP contribution in [0.3, 0.4) is 0 Å². The Hall–Kier alpha value is -0.590. The molecule has 102 valence electrons. The molecule has 0 saturated heterocycles. The Labute approximate surface area is 118 Å². The van der Waals surface area contributed by atoms with E-state index < -0.39 is 10.0 Å². The van der Waals surface area contributed by atoms with Crippen LogP contribution in [-0.2, 0) is 10.0 Å². The highest BCUT2D eigenvalue weighted by molar-refractivity contribution is 9.10. The second-order valence-electron chi connectivity index (χ2n) is 4.18. The van der Waals surface area contributed by atoms with Gasteiger partial charge in [0.25, 0.3) is 0 Å². The minimum atomic E-state index is -3.11. The lowest BCUT2D eigenvalue weighted by Crippen LogP contribution is -2.34. The molecule has 0 bridgehead atoms. The third-order valence-electron chi connectivity index (χ3n) is 2.63. The number of rotatable bonds is 6. The molecule has 6 heteroatoms. The molecule has 0 fully saturated rings. The fourth-order valence-electron chi connectivity index (χ4n) is 1.66. The van der Waals surface area contributed by atoms with Crippen molar-refractivity contribution in [1.82, 2.24) is 4.72 Å². The Morgan fingerprint density at radius 3 is 2.56 bits per heavy atom. The zero-order valence-corrected chi connectivity index (χ0v) is 13.3. The fraction of sp³-hybridized carbons (Fsp3) is 0.500. The molecule has 0 unspecified atom stereocenters. The lowest BCUT2D eigenvalue weighted by molar-refractivity contribution is 0.587. The minimum absolute atomic E-state index is 0.418. The monoisotopic (exact) mass is 334 g/mol. The van der Waals surface area contributed by atoms with E-state index in [0.717, 1.165) is 16.7 Å². The van der Waals surface area contributed by atoms with E-state index in [2.05, 4.69) is 38.5 Å². The number of sulfonamides is 1. The van der Waals surface area contributed by atoms with Gasteiger partial charge in [0.1, 0.15) is 0 Å². The first-order chi connectivity index (χ1) is 8.33. The van der Waals surface area contributed by atoms with Crippen LogP contribution in [0.25, 0.3) is 0 Å². The van der Waals surface area contributed by atoms with Crippen LogP contribution in [0.15, 0.2) is 22.7 Å². The number of nitrogens with zero attached hydrogens (tertiary/aromatic N) is 1. The van der Waals surface area contributed by atoms with E-state index in [4.69, 9.17) is 0 Å². The predicted octanol–water partition coefficient (Wildman–Crippen LogP) is 2.13. The summed E-state index contributed by atoms with van der Waals surface area (Å²) in [4.78, 5) is 2.14. The molecular formula is C12H19BrN2O2S. The number of aryl methyl sites for hydroxylation is 1. The summed E-state index contributed by atoms with van der Waals surface area (Å²) in [7, 11) is -3.11. The molecule has 4 nitrogen and oxygen atoms in total. The highest BCUT2D eigenvalue weighted by Crippen LogP contribution is 2.22. The SMILES string of the molecule is CCN(CCNS(C)(=O)=O)c1ccc(Br)c(C)c1. The van der Waals surface area contributed by atoms with Crippen molar-refractivity contribution in [3.63, 3.8) is 0 Å². The lowest BCUT2D eigenvalue weighted by Gasteiger charge is -2.23. The van der Waals surface area contributed by atoms with E-state index in [1.165, 1.54) is 11.8 Å². The molecule has 0 aliphatic rings. The highest BCUT2D eigenvalue weighted by atomic mass is 79.9. The molecule has 0 aliphatic heterocycles. The van der Waals surface area contributed by atoms with Gasteiger partial charge in [0.05, 0.1) is 6.26 Å². The van der Waals surface area contributed by atoms with Crippen LogP contribution in [0, 0.1) is 6.92 Å². The number of anilines is 1. The van der Waals surface area contributed by atoms with Gasteiger partial charge in [-0.15, -0.1) is 0 Å². The van der Waals surface area contributed by atoms with E-state index in [9.17, 15) is 8.42 Å². The Morgan fingerprint density at radius 1 is 1.39 bits per heavy atom. The Morgan fingerprint density at radius 2 is 2.06 bits per heavy atom. The molecule has 0 aliphatic carbocycles. The fourth-order valence-corrected chi connectivity index (χ4v) is 2.37. The standard InChI is InChI=1S/C12H19BrN2O2S/c1-4-15(8-7-14-18(3,16)17)11-5-6-12(13)10(2)9-11/h5-6,9,14H,4,7-8H2,1-3H3. The predicted molar refractivity (Wildman–Crippen MR) is 79.6 cm³/mol. The normalized spacial score (nSPS) is 11.6. The smallest absolute Gasteiger partial charge is 0.208 e. The topological polar surface area (TPSA) is 49.4 Å². The molecule has 0 atom stereocenters. The summed E-state index contributed by atoms with van der Waals surface area (Å²) in [5.74, 6) is 0. The summed E-state index contributed by atoms with van der Waals surface area (Å²) in [5.41, 5.74) is 2.27. The van der Waals surface area contributed by atoms with Crippen molar-refractivity contribution >= 4 is 31.6 Å². The number of halogens is 1. The van der Waals surface area contributed by atoms with E-state index >= 15 is 0 Å². The number of likely N-dealkylation sites (N-methyl/N-ethyl adjacent to an activating group) is 1. The third-order valence-corrected chi connectivity index (χ3v) is 4.25. The average molecular weight is 335 g/mol. The first-order valence-corrected chi connectivity index (χ1v) is 8.47. The molecule has 0 saturated carbocycles. The van der Waals surface area contributed by atoms with E-state index in [0.29, 0.717) is 13.1 Å². The molecule has 0 amide bonds. The summed E-state index contributed by atoms with van der Waals surface area (Å²) < 4.78 is 25.6. The van der Waals surface area contributed by atoms with Crippen molar-refractivity contribution in [3.05, 3.63) is 28.2 Å². The maximum atomic E-state index is 11.0. The second kappa shape index (κ2) is 6.54. The van der Waals surface area contributed by atoms with Crippen LogP contribution in [0.2, 0.25) is 0 Å².